The van der Waals surface area contributed by atoms with E-state index in [2.05, 4.69) is 4.72 Å². The molecular formula is C10H19NO4S. The Morgan fingerprint density at radius 3 is 2.50 bits per heavy atom. The number of sulfonamides is 1. The Balaban J connectivity index is 2.20. The molecule has 2 N–H and O–H groups in total. The van der Waals surface area contributed by atoms with Crippen LogP contribution in [0.1, 0.15) is 38.5 Å². The Bertz CT molecular complexity index is 320. The van der Waals surface area contributed by atoms with Crippen molar-refractivity contribution in [3.8, 4) is 0 Å². The molecule has 0 bridgehead atoms. The fraction of sp³-hybridized carbons (Fsp3) is 0.900. The predicted molar refractivity (Wildman–Crippen MR) is 60.6 cm³/mol. The van der Waals surface area contributed by atoms with Crippen molar-refractivity contribution in [3.05, 3.63) is 0 Å². The second kappa shape index (κ2) is 6.20. The van der Waals surface area contributed by atoms with Crippen molar-refractivity contribution in [2.75, 3.05) is 12.3 Å². The summed E-state index contributed by atoms with van der Waals surface area (Å²) in [7, 11) is -3.28. The fourth-order valence-corrected chi connectivity index (χ4v) is 3.21. The summed E-state index contributed by atoms with van der Waals surface area (Å²) in [4.78, 5) is 10.2. The van der Waals surface area contributed by atoms with E-state index in [1.807, 2.05) is 0 Å². The van der Waals surface area contributed by atoms with E-state index in [9.17, 15) is 13.2 Å². The molecule has 6 heteroatoms. The summed E-state index contributed by atoms with van der Waals surface area (Å²) < 4.78 is 25.2. The van der Waals surface area contributed by atoms with Crippen LogP contribution in [-0.2, 0) is 14.8 Å². The molecule has 0 aromatic heterocycles. The molecule has 0 atom stereocenters. The van der Waals surface area contributed by atoms with Crippen LogP contribution in [0.25, 0.3) is 0 Å². The summed E-state index contributed by atoms with van der Waals surface area (Å²) >= 11 is 0. The molecule has 0 heterocycles. The van der Waals surface area contributed by atoms with E-state index >= 15 is 0 Å². The average Bonchev–Trinajstić information content (AvgIpc) is 2.66. The lowest BCUT2D eigenvalue weighted by Crippen LogP contribution is -2.29. The number of carboxylic acids is 1. The minimum Gasteiger partial charge on any atom is -0.481 e. The van der Waals surface area contributed by atoms with Crippen LogP contribution in [0.3, 0.4) is 0 Å². The van der Waals surface area contributed by atoms with Gasteiger partial charge in [-0.1, -0.05) is 25.7 Å². The predicted octanol–water partition coefficient (Wildman–Crippen LogP) is 0.961. The van der Waals surface area contributed by atoms with E-state index in [0.29, 0.717) is 12.3 Å². The van der Waals surface area contributed by atoms with E-state index in [1.165, 1.54) is 12.8 Å². The van der Waals surface area contributed by atoms with Crippen LogP contribution in [0.5, 0.6) is 0 Å². The maximum atomic E-state index is 11.5. The van der Waals surface area contributed by atoms with Crippen molar-refractivity contribution < 1.29 is 18.3 Å². The zero-order valence-electron chi connectivity index (χ0n) is 9.31. The first-order valence-corrected chi connectivity index (χ1v) is 7.34. The minimum atomic E-state index is -3.28. The molecule has 1 saturated carbocycles. The van der Waals surface area contributed by atoms with Gasteiger partial charge in [-0.15, -0.1) is 0 Å². The third kappa shape index (κ3) is 5.46. The Kier molecular flexibility index (Phi) is 5.21. The number of hydrogen-bond acceptors (Lipinski definition) is 3. The molecule has 1 aliphatic rings. The lowest BCUT2D eigenvalue weighted by atomic mass is 10.1. The molecule has 0 aromatic carbocycles. The quantitative estimate of drug-likeness (QED) is 0.704. The molecule has 94 valence electrons. The van der Waals surface area contributed by atoms with E-state index in [4.69, 9.17) is 5.11 Å². The number of rotatable bonds is 7. The van der Waals surface area contributed by atoms with Crippen LogP contribution in [0, 0.1) is 5.92 Å². The van der Waals surface area contributed by atoms with E-state index in [1.54, 1.807) is 0 Å². The van der Waals surface area contributed by atoms with Gasteiger partial charge in [0, 0.05) is 6.54 Å². The Hall–Kier alpha value is -0.620. The van der Waals surface area contributed by atoms with Gasteiger partial charge >= 0.3 is 5.97 Å². The molecule has 0 amide bonds. The van der Waals surface area contributed by atoms with E-state index in [-0.39, 0.29) is 18.7 Å². The number of carbonyl (C=O) groups is 1. The molecule has 1 aliphatic carbocycles. The number of carboxylic acid groups (broad SMARTS) is 1. The van der Waals surface area contributed by atoms with Crippen molar-refractivity contribution in [2.24, 2.45) is 5.92 Å². The third-order valence-electron chi connectivity index (χ3n) is 2.93. The van der Waals surface area contributed by atoms with Crippen LogP contribution in [0.2, 0.25) is 0 Å². The average molecular weight is 249 g/mol. The molecule has 0 radical (unpaired) electrons. The zero-order valence-corrected chi connectivity index (χ0v) is 10.1. The van der Waals surface area contributed by atoms with Gasteiger partial charge in [-0.05, 0) is 12.3 Å². The Morgan fingerprint density at radius 1 is 1.31 bits per heavy atom. The first kappa shape index (κ1) is 13.4. The highest BCUT2D eigenvalue weighted by molar-refractivity contribution is 7.89. The lowest BCUT2D eigenvalue weighted by molar-refractivity contribution is -0.136. The summed E-state index contributed by atoms with van der Waals surface area (Å²) in [5, 5.41) is 8.38. The molecule has 0 spiro atoms. The lowest BCUT2D eigenvalue weighted by Gasteiger charge is -2.09. The summed E-state index contributed by atoms with van der Waals surface area (Å²) in [6, 6.07) is 0. The summed E-state index contributed by atoms with van der Waals surface area (Å²) in [6.07, 6.45) is 5.20. The second-order valence-corrected chi connectivity index (χ2v) is 6.22. The van der Waals surface area contributed by atoms with Crippen LogP contribution >= 0.6 is 0 Å². The number of nitrogens with one attached hydrogen (secondary N) is 1. The topological polar surface area (TPSA) is 83.5 Å². The number of hydrogen-bond donors (Lipinski definition) is 2. The largest absolute Gasteiger partial charge is 0.481 e. The molecule has 5 nitrogen and oxygen atoms in total. The molecule has 16 heavy (non-hydrogen) atoms. The van der Waals surface area contributed by atoms with E-state index in [0.717, 1.165) is 12.8 Å². The normalized spacial score (nSPS) is 17.8. The van der Waals surface area contributed by atoms with Crippen molar-refractivity contribution in [1.29, 1.82) is 0 Å². The SMILES string of the molecule is O=C(O)CCNS(=O)(=O)CCC1CCCC1. The standard InChI is InChI=1S/C10H19NO4S/c12-10(13)5-7-11-16(14,15)8-6-9-3-1-2-4-9/h9,11H,1-8H2,(H,12,13). The zero-order chi connectivity index (χ0) is 12.0. The molecule has 0 saturated heterocycles. The molecule has 0 aromatic rings. The van der Waals surface area contributed by atoms with E-state index < -0.39 is 16.0 Å². The smallest absolute Gasteiger partial charge is 0.304 e. The minimum absolute atomic E-state index is 0.0116. The van der Waals surface area contributed by atoms with Gasteiger partial charge in [0.1, 0.15) is 0 Å². The first-order chi connectivity index (χ1) is 7.49. The van der Waals surface area contributed by atoms with Gasteiger partial charge in [-0.2, -0.15) is 0 Å². The van der Waals surface area contributed by atoms with Crippen LogP contribution in [0.4, 0.5) is 0 Å². The molecule has 0 aliphatic heterocycles. The van der Waals surface area contributed by atoms with Crippen LogP contribution < -0.4 is 4.72 Å². The van der Waals surface area contributed by atoms with Gasteiger partial charge < -0.3 is 5.11 Å². The highest BCUT2D eigenvalue weighted by atomic mass is 32.2. The Morgan fingerprint density at radius 2 is 1.94 bits per heavy atom. The number of aliphatic carboxylic acids is 1. The van der Waals surface area contributed by atoms with Crippen molar-refractivity contribution in [2.45, 2.75) is 38.5 Å². The van der Waals surface area contributed by atoms with Crippen molar-refractivity contribution in [3.63, 3.8) is 0 Å². The monoisotopic (exact) mass is 249 g/mol. The molecule has 0 unspecified atom stereocenters. The van der Waals surface area contributed by atoms with Crippen molar-refractivity contribution >= 4 is 16.0 Å². The first-order valence-electron chi connectivity index (χ1n) is 5.69. The van der Waals surface area contributed by atoms with Crippen molar-refractivity contribution in [1.82, 2.24) is 4.72 Å². The van der Waals surface area contributed by atoms with Gasteiger partial charge in [0.05, 0.1) is 12.2 Å². The maximum absolute atomic E-state index is 11.5. The van der Waals surface area contributed by atoms with Crippen LogP contribution in [-0.4, -0.2) is 31.8 Å². The molecule has 1 rings (SSSR count). The van der Waals surface area contributed by atoms with Gasteiger partial charge in [0.25, 0.3) is 0 Å². The second-order valence-electron chi connectivity index (χ2n) is 4.30. The van der Waals surface area contributed by atoms with Gasteiger partial charge in [0.2, 0.25) is 10.0 Å². The Labute approximate surface area is 96.3 Å². The van der Waals surface area contributed by atoms with Gasteiger partial charge in [-0.25, -0.2) is 13.1 Å². The van der Waals surface area contributed by atoms with Gasteiger partial charge in [0.15, 0.2) is 0 Å². The van der Waals surface area contributed by atoms with Gasteiger partial charge in [-0.3, -0.25) is 4.79 Å². The third-order valence-corrected chi connectivity index (χ3v) is 4.35. The molecule has 1 fully saturated rings. The maximum Gasteiger partial charge on any atom is 0.304 e. The summed E-state index contributed by atoms with van der Waals surface area (Å²) in [5.74, 6) is -0.327. The highest BCUT2D eigenvalue weighted by Crippen LogP contribution is 2.27. The molecular weight excluding hydrogens is 230 g/mol. The highest BCUT2D eigenvalue weighted by Gasteiger charge is 2.18. The summed E-state index contributed by atoms with van der Waals surface area (Å²) in [6.45, 7) is -0.0116. The fourth-order valence-electron chi connectivity index (χ4n) is 2.01. The summed E-state index contributed by atoms with van der Waals surface area (Å²) in [5.41, 5.74) is 0. The van der Waals surface area contributed by atoms with Crippen LogP contribution in [0.15, 0.2) is 0 Å².